The molecule has 0 spiro atoms. The van der Waals surface area contributed by atoms with Crippen LogP contribution < -0.4 is 15.8 Å². The molecule has 1 aliphatic heterocycles. The molecule has 29 heavy (non-hydrogen) atoms. The average molecular weight is 394 g/mol. The molecule has 1 saturated heterocycles. The summed E-state index contributed by atoms with van der Waals surface area (Å²) in [5.41, 5.74) is 2.67. The van der Waals surface area contributed by atoms with Crippen molar-refractivity contribution in [3.05, 3.63) is 52.7 Å². The van der Waals surface area contributed by atoms with Gasteiger partial charge in [-0.2, -0.15) is 5.10 Å². The average Bonchev–Trinajstić information content (AvgIpc) is 3.14. The van der Waals surface area contributed by atoms with Gasteiger partial charge < -0.3 is 10.2 Å². The van der Waals surface area contributed by atoms with E-state index in [2.05, 4.69) is 32.4 Å². The topological polar surface area (TPSA) is 85.0 Å². The predicted molar refractivity (Wildman–Crippen MR) is 112 cm³/mol. The first-order valence-electron chi connectivity index (χ1n) is 10.1. The van der Waals surface area contributed by atoms with Crippen LogP contribution in [0.15, 0.2) is 41.6 Å². The fourth-order valence-corrected chi connectivity index (χ4v) is 3.75. The number of rotatable bonds is 6. The number of carbonyl (C=O) groups excluding carboxylic acids is 1. The second-order valence-electron chi connectivity index (χ2n) is 7.49. The molecule has 0 aliphatic carbocycles. The summed E-state index contributed by atoms with van der Waals surface area (Å²) in [6.45, 7) is 2.96. The standard InChI is InChI=1S/C21H26N6O2/c1-25-20-18(14-24-25)21(29)27(15-23-20)11-8-19(28)22-13-16-6-5-7-17(12-16)26-9-3-2-4-10-26/h5-7,12,14-15H,2-4,8-11,13H2,1H3,(H,22,28). The number of amides is 1. The maximum Gasteiger partial charge on any atom is 0.264 e. The fraction of sp³-hybridized carbons (Fsp3) is 0.429. The van der Waals surface area contributed by atoms with Crippen LogP contribution in [0, 0.1) is 0 Å². The van der Waals surface area contributed by atoms with Gasteiger partial charge in [0.05, 0.1) is 12.5 Å². The molecule has 1 aromatic carbocycles. The molecule has 152 valence electrons. The van der Waals surface area contributed by atoms with Crippen LogP contribution in [0.2, 0.25) is 0 Å². The van der Waals surface area contributed by atoms with E-state index in [1.807, 2.05) is 12.1 Å². The van der Waals surface area contributed by atoms with E-state index in [1.165, 1.54) is 42.0 Å². The lowest BCUT2D eigenvalue weighted by Gasteiger charge is -2.29. The van der Waals surface area contributed by atoms with Crippen LogP contribution in [-0.4, -0.2) is 38.3 Å². The normalized spacial score (nSPS) is 14.3. The molecule has 8 nitrogen and oxygen atoms in total. The molecule has 0 unspecified atom stereocenters. The Bertz CT molecular complexity index is 1060. The van der Waals surface area contributed by atoms with Crippen LogP contribution in [0.3, 0.4) is 0 Å². The van der Waals surface area contributed by atoms with E-state index >= 15 is 0 Å². The first-order chi connectivity index (χ1) is 14.1. The molecule has 1 amide bonds. The van der Waals surface area contributed by atoms with Crippen molar-refractivity contribution in [1.29, 1.82) is 0 Å². The first-order valence-corrected chi connectivity index (χ1v) is 10.1. The predicted octanol–water partition coefficient (Wildman–Crippen LogP) is 1.83. The number of aromatic nitrogens is 4. The summed E-state index contributed by atoms with van der Waals surface area (Å²) in [6, 6.07) is 8.35. The Labute approximate surface area is 169 Å². The third kappa shape index (κ3) is 4.31. The van der Waals surface area contributed by atoms with Crippen molar-refractivity contribution in [3.63, 3.8) is 0 Å². The zero-order valence-corrected chi connectivity index (χ0v) is 16.7. The van der Waals surface area contributed by atoms with Gasteiger partial charge in [-0.15, -0.1) is 0 Å². The Hall–Kier alpha value is -3.16. The number of piperidine rings is 1. The summed E-state index contributed by atoms with van der Waals surface area (Å²) in [5.74, 6) is -0.0911. The highest BCUT2D eigenvalue weighted by molar-refractivity contribution is 5.76. The second kappa shape index (κ2) is 8.46. The van der Waals surface area contributed by atoms with E-state index in [1.54, 1.807) is 11.7 Å². The van der Waals surface area contributed by atoms with Crippen LogP contribution in [0.5, 0.6) is 0 Å². The van der Waals surface area contributed by atoms with Gasteiger partial charge in [0.25, 0.3) is 5.56 Å². The largest absolute Gasteiger partial charge is 0.372 e. The fourth-order valence-electron chi connectivity index (χ4n) is 3.75. The van der Waals surface area contributed by atoms with Gasteiger partial charge in [0.15, 0.2) is 5.65 Å². The highest BCUT2D eigenvalue weighted by Gasteiger charge is 2.12. The summed E-state index contributed by atoms with van der Waals surface area (Å²) in [6.07, 6.45) is 6.98. The molecule has 3 heterocycles. The maximum absolute atomic E-state index is 12.5. The Morgan fingerprint density at radius 1 is 1.21 bits per heavy atom. The molecule has 0 atom stereocenters. The number of nitrogens with one attached hydrogen (secondary N) is 1. The van der Waals surface area contributed by atoms with E-state index in [9.17, 15) is 9.59 Å². The molecule has 1 fully saturated rings. The molecule has 0 saturated carbocycles. The van der Waals surface area contributed by atoms with Crippen molar-refractivity contribution in [2.24, 2.45) is 7.05 Å². The lowest BCUT2D eigenvalue weighted by Crippen LogP contribution is -2.29. The molecule has 1 aliphatic rings. The summed E-state index contributed by atoms with van der Waals surface area (Å²) < 4.78 is 3.02. The van der Waals surface area contributed by atoms with Gasteiger partial charge in [0, 0.05) is 45.3 Å². The lowest BCUT2D eigenvalue weighted by molar-refractivity contribution is -0.121. The van der Waals surface area contributed by atoms with E-state index < -0.39 is 0 Å². The summed E-state index contributed by atoms with van der Waals surface area (Å²) >= 11 is 0. The van der Waals surface area contributed by atoms with Crippen LogP contribution in [-0.2, 0) is 24.9 Å². The number of fused-ring (bicyclic) bond motifs is 1. The van der Waals surface area contributed by atoms with Crippen molar-refractivity contribution in [3.8, 4) is 0 Å². The smallest absolute Gasteiger partial charge is 0.264 e. The summed E-state index contributed by atoms with van der Waals surface area (Å²) in [7, 11) is 1.74. The monoisotopic (exact) mass is 394 g/mol. The number of carbonyl (C=O) groups is 1. The molecule has 2 aromatic heterocycles. The molecule has 1 N–H and O–H groups in total. The number of aryl methyl sites for hydroxylation is 2. The Morgan fingerprint density at radius 3 is 2.86 bits per heavy atom. The van der Waals surface area contributed by atoms with Gasteiger partial charge in [-0.05, 0) is 37.0 Å². The summed E-state index contributed by atoms with van der Waals surface area (Å²) in [5, 5.41) is 7.47. The molecule has 0 radical (unpaired) electrons. The van der Waals surface area contributed by atoms with Crippen LogP contribution in [0.4, 0.5) is 5.69 Å². The van der Waals surface area contributed by atoms with E-state index in [4.69, 9.17) is 0 Å². The minimum Gasteiger partial charge on any atom is -0.372 e. The molecular weight excluding hydrogens is 368 g/mol. The van der Waals surface area contributed by atoms with Gasteiger partial charge in [0.1, 0.15) is 5.39 Å². The van der Waals surface area contributed by atoms with E-state index in [0.29, 0.717) is 17.6 Å². The zero-order chi connectivity index (χ0) is 20.2. The van der Waals surface area contributed by atoms with Gasteiger partial charge >= 0.3 is 0 Å². The molecular formula is C21H26N6O2. The minimum absolute atomic E-state index is 0.0911. The molecule has 8 heteroatoms. The lowest BCUT2D eigenvalue weighted by atomic mass is 10.1. The number of benzene rings is 1. The number of hydrogen-bond donors (Lipinski definition) is 1. The highest BCUT2D eigenvalue weighted by Crippen LogP contribution is 2.20. The second-order valence-corrected chi connectivity index (χ2v) is 7.49. The quantitative estimate of drug-likeness (QED) is 0.689. The van der Waals surface area contributed by atoms with Crippen molar-refractivity contribution in [2.75, 3.05) is 18.0 Å². The highest BCUT2D eigenvalue weighted by atomic mass is 16.1. The molecule has 0 bridgehead atoms. The third-order valence-electron chi connectivity index (χ3n) is 5.42. The van der Waals surface area contributed by atoms with E-state index in [-0.39, 0.29) is 24.4 Å². The third-order valence-corrected chi connectivity index (χ3v) is 5.42. The van der Waals surface area contributed by atoms with Gasteiger partial charge in [-0.1, -0.05) is 12.1 Å². The number of hydrogen-bond acceptors (Lipinski definition) is 5. The Morgan fingerprint density at radius 2 is 2.03 bits per heavy atom. The zero-order valence-electron chi connectivity index (χ0n) is 16.7. The Kier molecular flexibility index (Phi) is 5.59. The molecule has 3 aromatic rings. The van der Waals surface area contributed by atoms with Crippen LogP contribution in [0.25, 0.3) is 11.0 Å². The van der Waals surface area contributed by atoms with Crippen LogP contribution in [0.1, 0.15) is 31.2 Å². The van der Waals surface area contributed by atoms with Gasteiger partial charge in [0.2, 0.25) is 5.91 Å². The van der Waals surface area contributed by atoms with Crippen molar-refractivity contribution < 1.29 is 4.79 Å². The first kappa shape index (κ1) is 19.2. The number of anilines is 1. The van der Waals surface area contributed by atoms with Crippen molar-refractivity contribution >= 4 is 22.6 Å². The van der Waals surface area contributed by atoms with E-state index in [0.717, 1.165) is 18.7 Å². The maximum atomic E-state index is 12.5. The van der Waals surface area contributed by atoms with Gasteiger partial charge in [-0.25, -0.2) is 4.98 Å². The van der Waals surface area contributed by atoms with Crippen molar-refractivity contribution in [2.45, 2.75) is 38.8 Å². The van der Waals surface area contributed by atoms with Crippen LogP contribution >= 0.6 is 0 Å². The van der Waals surface area contributed by atoms with Crippen molar-refractivity contribution in [1.82, 2.24) is 24.6 Å². The number of nitrogens with zero attached hydrogens (tertiary/aromatic N) is 5. The minimum atomic E-state index is -0.176. The summed E-state index contributed by atoms with van der Waals surface area (Å²) in [4.78, 5) is 31.4. The molecule has 4 rings (SSSR count). The SMILES string of the molecule is Cn1ncc2c(=O)n(CCC(=O)NCc3cccc(N4CCCCC4)c3)cnc21. The Balaban J connectivity index is 1.32. The van der Waals surface area contributed by atoms with Gasteiger partial charge in [-0.3, -0.25) is 18.8 Å².